The molecular weight excluding hydrogens is 348 g/mol. The Morgan fingerprint density at radius 2 is 2.04 bits per heavy atom. The van der Waals surface area contributed by atoms with E-state index in [1.165, 1.54) is 0 Å². The lowest BCUT2D eigenvalue weighted by atomic mass is 10.0. The third kappa shape index (κ3) is 4.56. The van der Waals surface area contributed by atoms with Crippen LogP contribution in [0.5, 0.6) is 0 Å². The molecule has 0 bridgehead atoms. The molecular formula is C15H19ClN6O3. The summed E-state index contributed by atoms with van der Waals surface area (Å²) >= 11 is 5.74. The van der Waals surface area contributed by atoms with Gasteiger partial charge in [-0.3, -0.25) is 14.9 Å². The quantitative estimate of drug-likeness (QED) is 0.641. The van der Waals surface area contributed by atoms with Crippen LogP contribution >= 0.6 is 11.6 Å². The first-order chi connectivity index (χ1) is 12.0. The average Bonchev–Trinajstić information content (AvgIpc) is 2.92. The molecule has 1 unspecified atom stereocenters. The molecule has 1 aromatic rings. The minimum absolute atomic E-state index is 0.0935. The molecule has 3 rings (SSSR count). The third-order valence-electron chi connectivity index (χ3n) is 4.32. The highest BCUT2D eigenvalue weighted by molar-refractivity contribution is 6.29. The zero-order chi connectivity index (χ0) is 17.8. The summed E-state index contributed by atoms with van der Waals surface area (Å²) in [6.45, 7) is 1.53. The Hall–Kier alpha value is -2.42. The van der Waals surface area contributed by atoms with Crippen LogP contribution in [0.15, 0.2) is 12.1 Å². The molecule has 2 aliphatic heterocycles. The highest BCUT2D eigenvalue weighted by atomic mass is 35.5. The van der Waals surface area contributed by atoms with Gasteiger partial charge in [0.2, 0.25) is 5.91 Å². The van der Waals surface area contributed by atoms with Gasteiger partial charge in [-0.15, -0.1) is 10.2 Å². The molecule has 9 nitrogen and oxygen atoms in total. The van der Waals surface area contributed by atoms with Gasteiger partial charge < -0.3 is 15.5 Å². The molecule has 2 aliphatic rings. The summed E-state index contributed by atoms with van der Waals surface area (Å²) in [5.74, 6) is 0.283. The molecule has 0 aliphatic carbocycles. The Morgan fingerprint density at radius 3 is 2.64 bits per heavy atom. The van der Waals surface area contributed by atoms with Crippen LogP contribution in [0.3, 0.4) is 0 Å². The Morgan fingerprint density at radius 1 is 1.28 bits per heavy atom. The molecule has 0 aromatic carbocycles. The monoisotopic (exact) mass is 366 g/mol. The topological polar surface area (TPSA) is 116 Å². The van der Waals surface area contributed by atoms with E-state index in [1.807, 2.05) is 6.07 Å². The van der Waals surface area contributed by atoms with Gasteiger partial charge in [-0.05, 0) is 31.4 Å². The van der Waals surface area contributed by atoms with Gasteiger partial charge in [0, 0.05) is 25.6 Å². The molecule has 0 spiro atoms. The van der Waals surface area contributed by atoms with Gasteiger partial charge in [-0.25, -0.2) is 4.79 Å². The summed E-state index contributed by atoms with van der Waals surface area (Å²) in [4.78, 5) is 36.6. The number of carbonyl (C=O) groups is 3. The molecule has 0 radical (unpaired) electrons. The number of nitrogens with one attached hydrogen (secondary N) is 3. The number of urea groups is 1. The first kappa shape index (κ1) is 17.4. The van der Waals surface area contributed by atoms with E-state index in [9.17, 15) is 14.4 Å². The van der Waals surface area contributed by atoms with Crippen LogP contribution in [0.1, 0.15) is 25.7 Å². The fourth-order valence-corrected chi connectivity index (χ4v) is 3.07. The first-order valence-corrected chi connectivity index (χ1v) is 8.54. The lowest BCUT2D eigenvalue weighted by Crippen LogP contribution is -2.45. The van der Waals surface area contributed by atoms with Gasteiger partial charge in [0.1, 0.15) is 6.04 Å². The molecule has 2 saturated heterocycles. The fraction of sp³-hybridized carbons (Fsp3) is 0.533. The molecule has 3 N–H and O–H groups in total. The van der Waals surface area contributed by atoms with Crippen LogP contribution in [0.4, 0.5) is 10.6 Å². The van der Waals surface area contributed by atoms with Crippen molar-refractivity contribution in [3.05, 3.63) is 17.3 Å². The van der Waals surface area contributed by atoms with Crippen LogP contribution in [0.25, 0.3) is 0 Å². The molecule has 3 heterocycles. The maximum atomic E-state index is 12.0. The summed E-state index contributed by atoms with van der Waals surface area (Å²) < 4.78 is 0. The minimum atomic E-state index is -0.622. The predicted molar refractivity (Wildman–Crippen MR) is 90.1 cm³/mol. The number of halogens is 1. The highest BCUT2D eigenvalue weighted by Crippen LogP contribution is 2.18. The smallest absolute Gasteiger partial charge is 0.322 e. The minimum Gasteiger partial charge on any atom is -0.355 e. The maximum Gasteiger partial charge on any atom is 0.322 e. The largest absolute Gasteiger partial charge is 0.355 e. The van der Waals surface area contributed by atoms with E-state index in [0.29, 0.717) is 11.6 Å². The second-order valence-electron chi connectivity index (χ2n) is 6.10. The normalized spacial score (nSPS) is 21.0. The van der Waals surface area contributed by atoms with Crippen LogP contribution < -0.4 is 20.9 Å². The molecule has 1 atom stereocenters. The van der Waals surface area contributed by atoms with E-state index in [0.717, 1.165) is 31.7 Å². The van der Waals surface area contributed by atoms with Gasteiger partial charge in [0.05, 0.1) is 0 Å². The second kappa shape index (κ2) is 7.64. The van der Waals surface area contributed by atoms with Crippen LogP contribution in [0.2, 0.25) is 5.15 Å². The number of imide groups is 1. The van der Waals surface area contributed by atoms with Gasteiger partial charge in [0.15, 0.2) is 11.0 Å². The Bertz CT molecular complexity index is 660. The van der Waals surface area contributed by atoms with Gasteiger partial charge >= 0.3 is 6.03 Å². The predicted octanol–water partition coefficient (Wildman–Crippen LogP) is 0.203. The summed E-state index contributed by atoms with van der Waals surface area (Å²) in [5.41, 5.74) is 0. The van der Waals surface area contributed by atoms with E-state index in [-0.39, 0.29) is 24.3 Å². The van der Waals surface area contributed by atoms with Crippen LogP contribution in [0, 0.1) is 0 Å². The van der Waals surface area contributed by atoms with Crippen molar-refractivity contribution in [1.82, 2.24) is 26.1 Å². The number of amides is 4. The standard InChI is InChI=1S/C15H19ClN6O3/c16-11-2-3-12(21-20-11)22-7-5-9(6-8-22)17-13(23)4-1-10-14(24)19-15(25)18-10/h2-3,9-10H,1,4-8H2,(H,17,23)(H2,18,19,24,25). The lowest BCUT2D eigenvalue weighted by Gasteiger charge is -2.32. The average molecular weight is 367 g/mol. The van der Waals surface area contributed by atoms with Crippen molar-refractivity contribution in [3.8, 4) is 0 Å². The number of carbonyl (C=O) groups excluding carboxylic acids is 3. The Kier molecular flexibility index (Phi) is 5.32. The van der Waals surface area contributed by atoms with Gasteiger partial charge in [0.25, 0.3) is 5.91 Å². The molecule has 134 valence electrons. The SMILES string of the molecule is O=C(CCC1NC(=O)NC1=O)NC1CCN(c2ccc(Cl)nn2)CC1. The highest BCUT2D eigenvalue weighted by Gasteiger charge is 2.30. The fourth-order valence-electron chi connectivity index (χ4n) is 2.97. The van der Waals surface area contributed by atoms with Crippen LogP contribution in [-0.2, 0) is 9.59 Å². The van der Waals surface area contributed by atoms with Crippen molar-refractivity contribution < 1.29 is 14.4 Å². The van der Waals surface area contributed by atoms with Crippen molar-refractivity contribution in [1.29, 1.82) is 0 Å². The van der Waals surface area contributed by atoms with E-state index < -0.39 is 12.1 Å². The zero-order valence-corrected chi connectivity index (χ0v) is 14.3. The molecule has 1 aromatic heterocycles. The van der Waals surface area contributed by atoms with Crippen molar-refractivity contribution in [2.45, 2.75) is 37.8 Å². The van der Waals surface area contributed by atoms with Crippen molar-refractivity contribution in [2.75, 3.05) is 18.0 Å². The number of piperidine rings is 1. The van der Waals surface area contributed by atoms with Crippen molar-refractivity contribution >= 4 is 35.3 Å². The van der Waals surface area contributed by atoms with E-state index >= 15 is 0 Å². The number of anilines is 1. The first-order valence-electron chi connectivity index (χ1n) is 8.16. The molecule has 10 heteroatoms. The van der Waals surface area contributed by atoms with Crippen LogP contribution in [-0.4, -0.2) is 53.2 Å². The summed E-state index contributed by atoms with van der Waals surface area (Å²) in [7, 11) is 0. The Labute approximate surface area is 149 Å². The number of rotatable bonds is 5. The van der Waals surface area contributed by atoms with Crippen molar-refractivity contribution in [2.24, 2.45) is 0 Å². The Balaban J connectivity index is 1.39. The van der Waals surface area contributed by atoms with E-state index in [1.54, 1.807) is 6.07 Å². The lowest BCUT2D eigenvalue weighted by molar-refractivity contribution is -0.122. The zero-order valence-electron chi connectivity index (χ0n) is 13.5. The summed E-state index contributed by atoms with van der Waals surface area (Å²) in [5, 5.41) is 15.9. The number of aromatic nitrogens is 2. The van der Waals surface area contributed by atoms with E-state index in [4.69, 9.17) is 11.6 Å². The van der Waals surface area contributed by atoms with Gasteiger partial charge in [-0.2, -0.15) is 0 Å². The number of hydrogen-bond acceptors (Lipinski definition) is 6. The number of hydrogen-bond donors (Lipinski definition) is 3. The summed E-state index contributed by atoms with van der Waals surface area (Å²) in [6, 6.07) is 2.50. The second-order valence-corrected chi connectivity index (χ2v) is 6.48. The van der Waals surface area contributed by atoms with Gasteiger partial charge in [-0.1, -0.05) is 11.6 Å². The molecule has 2 fully saturated rings. The van der Waals surface area contributed by atoms with Crippen molar-refractivity contribution in [3.63, 3.8) is 0 Å². The summed E-state index contributed by atoms with van der Waals surface area (Å²) in [6.07, 6.45) is 2.09. The molecule has 25 heavy (non-hydrogen) atoms. The number of nitrogens with zero attached hydrogens (tertiary/aromatic N) is 3. The third-order valence-corrected chi connectivity index (χ3v) is 4.52. The molecule has 4 amide bonds. The van der Waals surface area contributed by atoms with E-state index in [2.05, 4.69) is 31.0 Å². The maximum absolute atomic E-state index is 12.0. The molecule has 0 saturated carbocycles.